The lowest BCUT2D eigenvalue weighted by Crippen LogP contribution is -2.33. The van der Waals surface area contributed by atoms with Gasteiger partial charge in [0, 0.05) is 18.8 Å². The molecular formula is C28H29F3N4O5S. The standard InChI is InChI=1S/C28H29F3N4O5S/c1-2-41(38,39)23-11-6-19(7-12-23)24(17-40-27(32)37)34-26(36)20-8-13-25(33-15-20)35(22-9-10-22)16-18-4-3-5-21(14-18)28(29,30)31/h3-8,11-15,22,24H,2,9-10,16-17H2,1H3,(H2,32,37)(H,34,36)/t24-/m0/s1. The number of nitrogens with one attached hydrogen (secondary N) is 1. The number of hydrogen-bond donors (Lipinski definition) is 2. The highest BCUT2D eigenvalue weighted by Crippen LogP contribution is 2.34. The molecule has 0 spiro atoms. The van der Waals surface area contributed by atoms with Crippen molar-refractivity contribution in [2.45, 2.75) is 49.5 Å². The molecule has 1 aliphatic carbocycles. The summed E-state index contributed by atoms with van der Waals surface area (Å²) in [6.07, 6.45) is -2.37. The average molecular weight is 591 g/mol. The molecule has 0 aliphatic heterocycles. The van der Waals surface area contributed by atoms with Crippen LogP contribution >= 0.6 is 0 Å². The number of nitrogens with zero attached hydrogens (tertiary/aromatic N) is 2. The Morgan fingerprint density at radius 1 is 1.12 bits per heavy atom. The summed E-state index contributed by atoms with van der Waals surface area (Å²) in [6, 6.07) is 13.5. The Morgan fingerprint density at radius 3 is 2.39 bits per heavy atom. The molecule has 218 valence electrons. The molecule has 1 aliphatic rings. The van der Waals surface area contributed by atoms with Gasteiger partial charge in [-0.15, -0.1) is 0 Å². The lowest BCUT2D eigenvalue weighted by molar-refractivity contribution is -0.137. The molecule has 0 bridgehead atoms. The maximum atomic E-state index is 13.2. The third kappa shape index (κ3) is 7.75. The molecule has 2 amide bonds. The van der Waals surface area contributed by atoms with Gasteiger partial charge in [0.05, 0.1) is 27.8 Å². The van der Waals surface area contributed by atoms with Gasteiger partial charge in [-0.3, -0.25) is 4.79 Å². The minimum Gasteiger partial charge on any atom is -0.447 e. The van der Waals surface area contributed by atoms with Crippen LogP contribution in [0.2, 0.25) is 0 Å². The van der Waals surface area contributed by atoms with Crippen molar-refractivity contribution >= 4 is 27.7 Å². The first-order valence-electron chi connectivity index (χ1n) is 12.8. The highest BCUT2D eigenvalue weighted by molar-refractivity contribution is 7.91. The van der Waals surface area contributed by atoms with Crippen LogP contribution in [-0.4, -0.2) is 43.8 Å². The Bertz CT molecular complexity index is 1490. The lowest BCUT2D eigenvalue weighted by Gasteiger charge is -2.24. The summed E-state index contributed by atoms with van der Waals surface area (Å²) in [5.74, 6) is -0.0932. The Hall–Kier alpha value is -4.13. The number of hydrogen-bond acceptors (Lipinski definition) is 7. The largest absolute Gasteiger partial charge is 0.447 e. The second-order valence-corrected chi connectivity index (χ2v) is 11.9. The fourth-order valence-corrected chi connectivity index (χ4v) is 5.10. The van der Waals surface area contributed by atoms with Crippen LogP contribution in [0.4, 0.5) is 23.8 Å². The van der Waals surface area contributed by atoms with Gasteiger partial charge in [-0.25, -0.2) is 18.2 Å². The Labute approximate surface area is 235 Å². The van der Waals surface area contributed by atoms with E-state index in [1.165, 1.54) is 43.5 Å². The van der Waals surface area contributed by atoms with Gasteiger partial charge in [0.15, 0.2) is 9.84 Å². The molecule has 13 heteroatoms. The maximum absolute atomic E-state index is 13.2. The number of amides is 2. The Kier molecular flexibility index (Phi) is 8.86. The van der Waals surface area contributed by atoms with Crippen LogP contribution in [-0.2, 0) is 27.3 Å². The Morgan fingerprint density at radius 2 is 1.83 bits per heavy atom. The second kappa shape index (κ2) is 12.2. The number of primary amides is 1. The minimum absolute atomic E-state index is 0.0710. The number of halogens is 3. The van der Waals surface area contributed by atoms with E-state index in [0.29, 0.717) is 16.9 Å². The number of ether oxygens (including phenoxy) is 1. The summed E-state index contributed by atoms with van der Waals surface area (Å²) >= 11 is 0. The van der Waals surface area contributed by atoms with Gasteiger partial charge in [0.1, 0.15) is 12.4 Å². The second-order valence-electron chi connectivity index (χ2n) is 9.59. The first kappa shape index (κ1) is 29.8. The number of rotatable bonds is 11. The van der Waals surface area contributed by atoms with Gasteiger partial charge in [-0.1, -0.05) is 31.2 Å². The zero-order chi connectivity index (χ0) is 29.8. The van der Waals surface area contributed by atoms with Crippen LogP contribution in [0.15, 0.2) is 71.8 Å². The maximum Gasteiger partial charge on any atom is 0.416 e. The number of pyridine rings is 1. The summed E-state index contributed by atoms with van der Waals surface area (Å²) in [4.78, 5) is 30.7. The molecule has 1 atom stereocenters. The smallest absolute Gasteiger partial charge is 0.416 e. The van der Waals surface area contributed by atoms with Gasteiger partial charge < -0.3 is 20.7 Å². The van der Waals surface area contributed by atoms with E-state index in [9.17, 15) is 31.2 Å². The molecule has 0 radical (unpaired) electrons. The van der Waals surface area contributed by atoms with Crippen molar-refractivity contribution in [3.8, 4) is 0 Å². The average Bonchev–Trinajstić information content (AvgIpc) is 3.79. The molecule has 1 fully saturated rings. The summed E-state index contributed by atoms with van der Waals surface area (Å²) in [6.45, 7) is 1.46. The zero-order valence-corrected chi connectivity index (χ0v) is 22.9. The predicted molar refractivity (Wildman–Crippen MR) is 145 cm³/mol. The number of benzene rings is 2. The van der Waals surface area contributed by atoms with Crippen molar-refractivity contribution in [1.82, 2.24) is 10.3 Å². The predicted octanol–water partition coefficient (Wildman–Crippen LogP) is 4.63. The number of sulfone groups is 1. The molecule has 41 heavy (non-hydrogen) atoms. The van der Waals surface area contributed by atoms with E-state index in [1.54, 1.807) is 18.2 Å². The molecule has 9 nitrogen and oxygen atoms in total. The van der Waals surface area contributed by atoms with Gasteiger partial charge in [0.25, 0.3) is 5.91 Å². The van der Waals surface area contributed by atoms with Crippen molar-refractivity contribution < 1.29 is 35.9 Å². The van der Waals surface area contributed by atoms with Crippen molar-refractivity contribution in [1.29, 1.82) is 0 Å². The molecule has 2 aromatic carbocycles. The SMILES string of the molecule is CCS(=O)(=O)c1ccc([C@H](COC(N)=O)NC(=O)c2ccc(N(Cc3cccc(C(F)(F)F)c3)C3CC3)nc2)cc1. The molecule has 1 saturated carbocycles. The molecule has 4 rings (SSSR count). The van der Waals surface area contributed by atoms with Gasteiger partial charge in [-0.2, -0.15) is 13.2 Å². The van der Waals surface area contributed by atoms with Crippen molar-refractivity contribution in [2.75, 3.05) is 17.3 Å². The van der Waals surface area contributed by atoms with Crippen LogP contribution in [0.5, 0.6) is 0 Å². The van der Waals surface area contributed by atoms with Crippen LogP contribution in [0, 0.1) is 0 Å². The third-order valence-electron chi connectivity index (χ3n) is 6.62. The quantitative estimate of drug-likeness (QED) is 0.333. The first-order chi connectivity index (χ1) is 19.4. The molecule has 0 saturated heterocycles. The lowest BCUT2D eigenvalue weighted by atomic mass is 10.1. The van der Waals surface area contributed by atoms with Crippen LogP contribution in [0.3, 0.4) is 0 Å². The molecule has 3 N–H and O–H groups in total. The van der Waals surface area contributed by atoms with E-state index in [1.807, 2.05) is 4.90 Å². The minimum atomic E-state index is -4.44. The number of carbonyl (C=O) groups excluding carboxylic acids is 2. The summed E-state index contributed by atoms with van der Waals surface area (Å²) in [5, 5.41) is 2.74. The van der Waals surface area contributed by atoms with E-state index in [4.69, 9.17) is 10.5 Å². The normalized spacial score (nSPS) is 14.2. The topological polar surface area (TPSA) is 132 Å². The third-order valence-corrected chi connectivity index (χ3v) is 8.37. The van der Waals surface area contributed by atoms with Crippen molar-refractivity contribution in [2.24, 2.45) is 5.73 Å². The number of alkyl halides is 3. The van der Waals surface area contributed by atoms with Crippen LogP contribution in [0.1, 0.15) is 52.9 Å². The van der Waals surface area contributed by atoms with Crippen LogP contribution < -0.4 is 16.0 Å². The summed E-state index contributed by atoms with van der Waals surface area (Å²) < 4.78 is 68.7. The Balaban J connectivity index is 1.49. The van der Waals surface area contributed by atoms with Gasteiger partial charge >= 0.3 is 12.3 Å². The molecule has 3 aromatic rings. The zero-order valence-electron chi connectivity index (χ0n) is 22.1. The molecular weight excluding hydrogens is 561 g/mol. The fourth-order valence-electron chi connectivity index (χ4n) is 4.22. The number of aromatic nitrogens is 1. The van der Waals surface area contributed by atoms with Crippen molar-refractivity contribution in [3.63, 3.8) is 0 Å². The summed E-state index contributed by atoms with van der Waals surface area (Å²) in [7, 11) is -3.43. The highest BCUT2D eigenvalue weighted by atomic mass is 32.2. The number of anilines is 1. The fraction of sp³-hybridized carbons (Fsp3) is 0.321. The molecule has 1 heterocycles. The van der Waals surface area contributed by atoms with E-state index < -0.39 is 39.6 Å². The first-order valence-corrected chi connectivity index (χ1v) is 14.5. The number of carbonyl (C=O) groups is 2. The van der Waals surface area contributed by atoms with E-state index in [2.05, 4.69) is 10.3 Å². The van der Waals surface area contributed by atoms with E-state index in [0.717, 1.165) is 25.0 Å². The van der Waals surface area contributed by atoms with Crippen LogP contribution in [0.25, 0.3) is 0 Å². The van der Waals surface area contributed by atoms with E-state index in [-0.39, 0.29) is 35.4 Å². The van der Waals surface area contributed by atoms with E-state index >= 15 is 0 Å². The highest BCUT2D eigenvalue weighted by Gasteiger charge is 2.33. The van der Waals surface area contributed by atoms with Gasteiger partial charge in [-0.05, 0) is 60.4 Å². The number of nitrogens with two attached hydrogens (primary N) is 1. The van der Waals surface area contributed by atoms with Gasteiger partial charge in [0.2, 0.25) is 0 Å². The molecule has 0 unspecified atom stereocenters. The summed E-state index contributed by atoms with van der Waals surface area (Å²) in [5.41, 5.74) is 5.55. The van der Waals surface area contributed by atoms with Crippen molar-refractivity contribution in [3.05, 3.63) is 89.1 Å². The molecule has 1 aromatic heterocycles. The monoisotopic (exact) mass is 590 g/mol.